The molecule has 0 saturated heterocycles. The van der Waals surface area contributed by atoms with Crippen molar-refractivity contribution < 1.29 is 9.90 Å². The van der Waals surface area contributed by atoms with E-state index in [1.54, 1.807) is 0 Å². The summed E-state index contributed by atoms with van der Waals surface area (Å²) in [6.07, 6.45) is 3.27. The highest BCUT2D eigenvalue weighted by Crippen LogP contribution is 2.28. The van der Waals surface area contributed by atoms with E-state index in [2.05, 4.69) is 9.97 Å². The molecule has 0 bridgehead atoms. The van der Waals surface area contributed by atoms with Crippen molar-refractivity contribution in [2.75, 3.05) is 18.5 Å². The third-order valence-corrected chi connectivity index (χ3v) is 3.05. The van der Waals surface area contributed by atoms with E-state index in [-0.39, 0.29) is 6.42 Å². The number of fused-ring (bicyclic) bond motifs is 1. The van der Waals surface area contributed by atoms with Gasteiger partial charge >= 0.3 is 5.97 Å². The number of hydrogen-bond acceptors (Lipinski definition) is 4. The van der Waals surface area contributed by atoms with Crippen LogP contribution in [-0.2, 0) is 17.6 Å². The van der Waals surface area contributed by atoms with Crippen molar-refractivity contribution in [1.82, 2.24) is 9.97 Å². The monoisotopic (exact) mass is 235 g/mol. The Hall–Kier alpha value is -1.65. The van der Waals surface area contributed by atoms with Crippen LogP contribution in [0.25, 0.3) is 0 Å². The standard InChI is InChI=1S/C12H17N3O2/c1-8-13-10-5-3-4-9(10)12(14-8)15(2)7-6-11(16)17/h3-7H2,1-2H3,(H,16,17). The van der Waals surface area contributed by atoms with Crippen LogP contribution in [0.1, 0.15) is 29.9 Å². The first-order valence-corrected chi connectivity index (χ1v) is 5.87. The summed E-state index contributed by atoms with van der Waals surface area (Å²) < 4.78 is 0. The van der Waals surface area contributed by atoms with Crippen LogP contribution in [0.3, 0.4) is 0 Å². The molecule has 5 heteroatoms. The summed E-state index contributed by atoms with van der Waals surface area (Å²) in [6, 6.07) is 0. The molecule has 0 aromatic carbocycles. The lowest BCUT2D eigenvalue weighted by Crippen LogP contribution is -2.24. The predicted octanol–water partition coefficient (Wildman–Crippen LogP) is 1.18. The van der Waals surface area contributed by atoms with Crippen LogP contribution in [0.15, 0.2) is 0 Å². The first kappa shape index (κ1) is 11.8. The molecule has 0 unspecified atom stereocenters. The zero-order valence-corrected chi connectivity index (χ0v) is 10.2. The highest BCUT2D eigenvalue weighted by atomic mass is 16.4. The molecule has 5 nitrogen and oxygen atoms in total. The maximum atomic E-state index is 10.6. The maximum absolute atomic E-state index is 10.6. The van der Waals surface area contributed by atoms with Gasteiger partial charge in [0.25, 0.3) is 0 Å². The zero-order chi connectivity index (χ0) is 12.4. The van der Waals surface area contributed by atoms with Gasteiger partial charge in [-0.2, -0.15) is 0 Å². The fraction of sp³-hybridized carbons (Fsp3) is 0.583. The Labute approximate surface area is 100 Å². The number of nitrogens with zero attached hydrogens (tertiary/aromatic N) is 3. The molecule has 1 aromatic rings. The summed E-state index contributed by atoms with van der Waals surface area (Å²) in [5.41, 5.74) is 2.33. The summed E-state index contributed by atoms with van der Waals surface area (Å²) in [5.74, 6) is 0.897. The summed E-state index contributed by atoms with van der Waals surface area (Å²) in [6.45, 7) is 2.37. The molecule has 0 radical (unpaired) electrons. The number of aliphatic carboxylic acids is 1. The lowest BCUT2D eigenvalue weighted by molar-refractivity contribution is -0.136. The van der Waals surface area contributed by atoms with Gasteiger partial charge in [-0.15, -0.1) is 0 Å². The predicted molar refractivity (Wildman–Crippen MR) is 64.3 cm³/mol. The fourth-order valence-corrected chi connectivity index (χ4v) is 2.22. The molecule has 0 atom stereocenters. The molecule has 1 heterocycles. The average Bonchev–Trinajstić information content (AvgIpc) is 2.72. The number of aromatic nitrogens is 2. The van der Waals surface area contributed by atoms with Crippen LogP contribution in [0.4, 0.5) is 5.82 Å². The molecule has 1 aromatic heterocycles. The Kier molecular flexibility index (Phi) is 3.26. The van der Waals surface area contributed by atoms with Gasteiger partial charge < -0.3 is 10.0 Å². The lowest BCUT2D eigenvalue weighted by Gasteiger charge is -2.20. The molecule has 1 N–H and O–H groups in total. The molecule has 1 aliphatic carbocycles. The second-order valence-corrected chi connectivity index (χ2v) is 4.44. The molecular weight excluding hydrogens is 218 g/mol. The van der Waals surface area contributed by atoms with Crippen molar-refractivity contribution in [3.8, 4) is 0 Å². The van der Waals surface area contributed by atoms with Crippen LogP contribution in [0.5, 0.6) is 0 Å². The quantitative estimate of drug-likeness (QED) is 0.849. The van der Waals surface area contributed by atoms with Gasteiger partial charge in [0.1, 0.15) is 11.6 Å². The van der Waals surface area contributed by atoms with Gasteiger partial charge in [-0.05, 0) is 26.2 Å². The highest BCUT2D eigenvalue weighted by Gasteiger charge is 2.20. The Morgan fingerprint density at radius 3 is 2.88 bits per heavy atom. The minimum atomic E-state index is -0.778. The third kappa shape index (κ3) is 2.54. The van der Waals surface area contributed by atoms with Gasteiger partial charge in [-0.1, -0.05) is 0 Å². The summed E-state index contributed by atoms with van der Waals surface area (Å²) in [7, 11) is 1.89. The van der Waals surface area contributed by atoms with Gasteiger partial charge in [0, 0.05) is 24.8 Å². The van der Waals surface area contributed by atoms with Crippen LogP contribution in [0.2, 0.25) is 0 Å². The van der Waals surface area contributed by atoms with Crippen molar-refractivity contribution in [3.63, 3.8) is 0 Å². The summed E-state index contributed by atoms with van der Waals surface area (Å²) in [5, 5.41) is 8.70. The molecule has 0 aliphatic heterocycles. The highest BCUT2D eigenvalue weighted by molar-refractivity contribution is 5.67. The normalized spacial score (nSPS) is 13.5. The molecular formula is C12H17N3O2. The van der Waals surface area contributed by atoms with E-state index in [1.807, 2.05) is 18.9 Å². The SMILES string of the molecule is Cc1nc2c(c(N(C)CCC(=O)O)n1)CCC2. The first-order chi connectivity index (χ1) is 8.08. The van der Waals surface area contributed by atoms with E-state index < -0.39 is 5.97 Å². The van der Waals surface area contributed by atoms with Crippen LogP contribution >= 0.6 is 0 Å². The largest absolute Gasteiger partial charge is 0.481 e. The summed E-state index contributed by atoms with van der Waals surface area (Å²) in [4.78, 5) is 21.4. The molecule has 1 aliphatic rings. The molecule has 0 saturated carbocycles. The molecule has 17 heavy (non-hydrogen) atoms. The smallest absolute Gasteiger partial charge is 0.305 e. The van der Waals surface area contributed by atoms with Crippen molar-refractivity contribution in [1.29, 1.82) is 0 Å². The Morgan fingerprint density at radius 1 is 1.41 bits per heavy atom. The van der Waals surface area contributed by atoms with Gasteiger partial charge in [0.15, 0.2) is 0 Å². The third-order valence-electron chi connectivity index (χ3n) is 3.05. The number of carboxylic acid groups (broad SMARTS) is 1. The average molecular weight is 235 g/mol. The number of carbonyl (C=O) groups is 1. The van der Waals surface area contributed by atoms with Crippen molar-refractivity contribution >= 4 is 11.8 Å². The van der Waals surface area contributed by atoms with Crippen LogP contribution in [0, 0.1) is 6.92 Å². The van der Waals surface area contributed by atoms with Gasteiger partial charge in [0.2, 0.25) is 0 Å². The lowest BCUT2D eigenvalue weighted by atomic mass is 10.2. The topological polar surface area (TPSA) is 66.3 Å². The Bertz CT molecular complexity index is 446. The fourth-order valence-electron chi connectivity index (χ4n) is 2.22. The Morgan fingerprint density at radius 2 is 2.18 bits per heavy atom. The van der Waals surface area contributed by atoms with E-state index in [0.717, 1.165) is 36.6 Å². The maximum Gasteiger partial charge on any atom is 0.305 e. The van der Waals surface area contributed by atoms with Crippen molar-refractivity contribution in [2.24, 2.45) is 0 Å². The first-order valence-electron chi connectivity index (χ1n) is 5.87. The number of rotatable bonds is 4. The number of aryl methyl sites for hydroxylation is 2. The van der Waals surface area contributed by atoms with E-state index in [4.69, 9.17) is 5.11 Å². The number of hydrogen-bond donors (Lipinski definition) is 1. The van der Waals surface area contributed by atoms with Gasteiger partial charge in [-0.25, -0.2) is 9.97 Å². The van der Waals surface area contributed by atoms with Crippen molar-refractivity contribution in [2.45, 2.75) is 32.6 Å². The van der Waals surface area contributed by atoms with Crippen molar-refractivity contribution in [3.05, 3.63) is 17.1 Å². The van der Waals surface area contributed by atoms with E-state index in [1.165, 1.54) is 5.56 Å². The molecule has 0 fully saturated rings. The second-order valence-electron chi connectivity index (χ2n) is 4.44. The number of anilines is 1. The van der Waals surface area contributed by atoms with Crippen LogP contribution in [-0.4, -0.2) is 34.6 Å². The minimum absolute atomic E-state index is 0.133. The second kappa shape index (κ2) is 4.69. The van der Waals surface area contributed by atoms with Crippen LogP contribution < -0.4 is 4.90 Å². The molecule has 2 rings (SSSR count). The summed E-state index contributed by atoms with van der Waals surface area (Å²) >= 11 is 0. The molecule has 0 spiro atoms. The minimum Gasteiger partial charge on any atom is -0.481 e. The van der Waals surface area contributed by atoms with E-state index >= 15 is 0 Å². The van der Waals surface area contributed by atoms with Gasteiger partial charge in [0.05, 0.1) is 6.42 Å². The molecule has 0 amide bonds. The zero-order valence-electron chi connectivity index (χ0n) is 10.2. The number of carboxylic acids is 1. The Balaban J connectivity index is 2.22. The molecule has 92 valence electrons. The van der Waals surface area contributed by atoms with Gasteiger partial charge in [-0.3, -0.25) is 4.79 Å². The van der Waals surface area contributed by atoms with E-state index in [9.17, 15) is 4.79 Å². The van der Waals surface area contributed by atoms with E-state index in [0.29, 0.717) is 6.54 Å².